The maximum Gasteiger partial charge on any atom is 0.137 e. The molecule has 5 nitrogen and oxygen atoms in total. The molecule has 1 aliphatic heterocycles. The normalized spacial score (nSPS) is 20.9. The lowest BCUT2D eigenvalue weighted by atomic mass is 10.0. The summed E-state index contributed by atoms with van der Waals surface area (Å²) in [4.78, 5) is 10.5. The average molecular weight is 236 g/mol. The lowest BCUT2D eigenvalue weighted by Gasteiger charge is -2.33. The molecule has 0 spiro atoms. The Morgan fingerprint density at radius 2 is 2.24 bits per heavy atom. The molecule has 0 saturated carbocycles. The molecule has 2 heterocycles. The Labute approximate surface area is 102 Å². The van der Waals surface area contributed by atoms with Crippen LogP contribution in [0.25, 0.3) is 0 Å². The number of nitrogens with two attached hydrogens (primary N) is 1. The van der Waals surface area contributed by atoms with E-state index in [1.807, 2.05) is 0 Å². The van der Waals surface area contributed by atoms with Gasteiger partial charge < -0.3 is 15.7 Å². The third-order valence-corrected chi connectivity index (χ3v) is 3.17. The van der Waals surface area contributed by atoms with Crippen LogP contribution in [0, 0.1) is 0 Å². The van der Waals surface area contributed by atoms with Crippen molar-refractivity contribution in [2.45, 2.75) is 38.7 Å². The molecule has 0 aromatic carbocycles. The van der Waals surface area contributed by atoms with Gasteiger partial charge in [-0.2, -0.15) is 0 Å². The minimum Gasteiger partial charge on any atom is -0.391 e. The molecule has 2 rings (SSSR count). The number of aromatic nitrogens is 2. The summed E-state index contributed by atoms with van der Waals surface area (Å²) in [7, 11) is 0. The highest BCUT2D eigenvalue weighted by molar-refractivity contribution is 5.58. The first kappa shape index (κ1) is 12.1. The van der Waals surface area contributed by atoms with Crippen LogP contribution in [0.4, 0.5) is 11.6 Å². The molecule has 1 saturated heterocycles. The molecule has 1 unspecified atom stereocenters. The van der Waals surface area contributed by atoms with Crippen molar-refractivity contribution >= 4 is 11.6 Å². The van der Waals surface area contributed by atoms with Crippen molar-refractivity contribution in [1.29, 1.82) is 0 Å². The summed E-state index contributed by atoms with van der Waals surface area (Å²) >= 11 is 0. The van der Waals surface area contributed by atoms with Gasteiger partial charge in [0.1, 0.15) is 18.0 Å². The number of β-amino-alcohol motifs (C(OH)–C–C–N with tert-alkyl or cyclic N) is 1. The number of aliphatic hydroxyl groups excluding tert-OH is 1. The van der Waals surface area contributed by atoms with Crippen LogP contribution >= 0.6 is 0 Å². The van der Waals surface area contributed by atoms with Gasteiger partial charge in [-0.15, -0.1) is 0 Å². The van der Waals surface area contributed by atoms with Gasteiger partial charge >= 0.3 is 0 Å². The Morgan fingerprint density at radius 3 is 2.88 bits per heavy atom. The third kappa shape index (κ3) is 2.49. The zero-order valence-electron chi connectivity index (χ0n) is 10.4. The first-order chi connectivity index (χ1) is 8.09. The van der Waals surface area contributed by atoms with E-state index in [9.17, 15) is 5.11 Å². The molecule has 17 heavy (non-hydrogen) atoms. The fraction of sp³-hybridized carbons (Fsp3) is 0.667. The van der Waals surface area contributed by atoms with Crippen molar-refractivity contribution in [3.05, 3.63) is 11.9 Å². The minimum atomic E-state index is -0.264. The summed E-state index contributed by atoms with van der Waals surface area (Å²) in [5.41, 5.74) is 6.91. The van der Waals surface area contributed by atoms with Gasteiger partial charge in [0, 0.05) is 18.7 Å². The van der Waals surface area contributed by atoms with Crippen molar-refractivity contribution < 1.29 is 5.11 Å². The van der Waals surface area contributed by atoms with Gasteiger partial charge in [0.15, 0.2) is 0 Å². The van der Waals surface area contributed by atoms with Crippen LogP contribution < -0.4 is 10.6 Å². The van der Waals surface area contributed by atoms with E-state index in [0.29, 0.717) is 12.4 Å². The van der Waals surface area contributed by atoms with Gasteiger partial charge in [0.25, 0.3) is 0 Å². The summed E-state index contributed by atoms with van der Waals surface area (Å²) < 4.78 is 0. The first-order valence-electron chi connectivity index (χ1n) is 6.13. The third-order valence-electron chi connectivity index (χ3n) is 3.17. The first-order valence-corrected chi connectivity index (χ1v) is 6.13. The maximum atomic E-state index is 9.72. The van der Waals surface area contributed by atoms with Crippen LogP contribution in [-0.4, -0.2) is 34.3 Å². The number of rotatable bonds is 2. The van der Waals surface area contributed by atoms with Crippen molar-refractivity contribution in [2.75, 3.05) is 23.7 Å². The monoisotopic (exact) mass is 236 g/mol. The summed E-state index contributed by atoms with van der Waals surface area (Å²) in [5, 5.41) is 9.72. The predicted octanol–water partition coefficient (Wildman–Crippen LogP) is 1.14. The van der Waals surface area contributed by atoms with Gasteiger partial charge in [0.2, 0.25) is 0 Å². The molecule has 5 heteroatoms. The SMILES string of the molecule is CC(C)c1c(N)ncnc1N1CCCC(O)C1. The summed E-state index contributed by atoms with van der Waals surface area (Å²) in [5.74, 6) is 1.71. The van der Waals surface area contributed by atoms with E-state index in [2.05, 4.69) is 28.7 Å². The lowest BCUT2D eigenvalue weighted by Crippen LogP contribution is -2.39. The number of aliphatic hydroxyl groups is 1. The second-order valence-corrected chi connectivity index (χ2v) is 4.89. The minimum absolute atomic E-state index is 0.264. The number of nitrogens with zero attached hydrogens (tertiary/aromatic N) is 3. The molecule has 0 aliphatic carbocycles. The average Bonchev–Trinajstić information content (AvgIpc) is 2.28. The second-order valence-electron chi connectivity index (χ2n) is 4.89. The standard InChI is InChI=1S/C12H20N4O/c1-8(2)10-11(13)14-7-15-12(10)16-5-3-4-9(17)6-16/h7-9,17H,3-6H2,1-2H3,(H2,13,14,15). The Balaban J connectivity index is 2.34. The van der Waals surface area contributed by atoms with Crippen molar-refractivity contribution in [3.63, 3.8) is 0 Å². The molecule has 3 N–H and O–H groups in total. The second kappa shape index (κ2) is 4.87. The zero-order chi connectivity index (χ0) is 12.4. The van der Waals surface area contributed by atoms with Crippen LogP contribution in [0.3, 0.4) is 0 Å². The topological polar surface area (TPSA) is 75.3 Å². The Bertz CT molecular complexity index is 394. The largest absolute Gasteiger partial charge is 0.391 e. The van der Waals surface area contributed by atoms with E-state index in [1.165, 1.54) is 6.33 Å². The van der Waals surface area contributed by atoms with Gasteiger partial charge in [-0.25, -0.2) is 9.97 Å². The fourth-order valence-corrected chi connectivity index (χ4v) is 2.35. The van der Waals surface area contributed by atoms with E-state index in [4.69, 9.17) is 5.73 Å². The summed E-state index contributed by atoms with van der Waals surface area (Å²) in [6, 6.07) is 0. The summed E-state index contributed by atoms with van der Waals surface area (Å²) in [6.07, 6.45) is 3.09. The molecule has 0 amide bonds. The molecule has 0 radical (unpaired) electrons. The van der Waals surface area contributed by atoms with Crippen LogP contribution in [0.1, 0.15) is 38.2 Å². The number of anilines is 2. The lowest BCUT2D eigenvalue weighted by molar-refractivity contribution is 0.153. The van der Waals surface area contributed by atoms with Crippen molar-refractivity contribution in [3.8, 4) is 0 Å². The van der Waals surface area contributed by atoms with Gasteiger partial charge in [-0.3, -0.25) is 0 Å². The van der Waals surface area contributed by atoms with Crippen molar-refractivity contribution in [1.82, 2.24) is 9.97 Å². The van der Waals surface area contributed by atoms with E-state index in [-0.39, 0.29) is 12.0 Å². The Morgan fingerprint density at radius 1 is 1.47 bits per heavy atom. The van der Waals surface area contributed by atoms with Gasteiger partial charge in [0.05, 0.1) is 6.10 Å². The molecule has 1 aromatic heterocycles. The van der Waals surface area contributed by atoms with E-state index in [1.54, 1.807) is 0 Å². The number of hydrogen-bond donors (Lipinski definition) is 2. The molecule has 1 fully saturated rings. The molecule has 94 valence electrons. The molecule has 1 aliphatic rings. The fourth-order valence-electron chi connectivity index (χ4n) is 2.35. The van der Waals surface area contributed by atoms with Crippen LogP contribution in [0.15, 0.2) is 6.33 Å². The number of nitrogen functional groups attached to an aromatic ring is 1. The number of hydrogen-bond acceptors (Lipinski definition) is 5. The van der Waals surface area contributed by atoms with Crippen LogP contribution in [0.5, 0.6) is 0 Å². The molecule has 0 bridgehead atoms. The van der Waals surface area contributed by atoms with E-state index >= 15 is 0 Å². The molecular weight excluding hydrogens is 216 g/mol. The van der Waals surface area contributed by atoms with E-state index in [0.717, 1.165) is 30.8 Å². The highest BCUT2D eigenvalue weighted by Crippen LogP contribution is 2.30. The predicted molar refractivity (Wildman–Crippen MR) is 68.0 cm³/mol. The number of piperidine rings is 1. The molecule has 1 atom stereocenters. The van der Waals surface area contributed by atoms with Gasteiger partial charge in [-0.1, -0.05) is 13.8 Å². The van der Waals surface area contributed by atoms with Crippen LogP contribution in [-0.2, 0) is 0 Å². The zero-order valence-corrected chi connectivity index (χ0v) is 10.4. The van der Waals surface area contributed by atoms with Crippen LogP contribution in [0.2, 0.25) is 0 Å². The van der Waals surface area contributed by atoms with E-state index < -0.39 is 0 Å². The molecule has 1 aromatic rings. The highest BCUT2D eigenvalue weighted by atomic mass is 16.3. The quantitative estimate of drug-likeness (QED) is 0.805. The smallest absolute Gasteiger partial charge is 0.137 e. The summed E-state index contributed by atoms with van der Waals surface area (Å²) in [6.45, 7) is 5.72. The Kier molecular flexibility index (Phi) is 3.47. The molecular formula is C12H20N4O. The Hall–Kier alpha value is -1.36. The van der Waals surface area contributed by atoms with Gasteiger partial charge in [-0.05, 0) is 18.8 Å². The highest BCUT2D eigenvalue weighted by Gasteiger charge is 2.23. The van der Waals surface area contributed by atoms with Crippen molar-refractivity contribution in [2.24, 2.45) is 0 Å². The maximum absolute atomic E-state index is 9.72.